The van der Waals surface area contributed by atoms with Crippen LogP contribution >= 0.6 is 7.82 Å². The van der Waals surface area contributed by atoms with Crippen LogP contribution < -0.4 is 0 Å². The lowest BCUT2D eigenvalue weighted by atomic mass is 10.0. The molecule has 0 aliphatic carbocycles. The Balaban J connectivity index is 4.09. The Morgan fingerprint density at radius 3 is 1.21 bits per heavy atom. The van der Waals surface area contributed by atoms with Crippen LogP contribution in [0.4, 0.5) is 0 Å². The fourth-order valence-electron chi connectivity index (χ4n) is 7.53. The molecule has 0 aromatic carbocycles. The molecule has 10 heteroatoms. The summed E-state index contributed by atoms with van der Waals surface area (Å²) in [6.45, 7) is 4.42. The molecule has 0 fully saturated rings. The van der Waals surface area contributed by atoms with E-state index in [0.29, 0.717) is 17.4 Å². The third-order valence-electron chi connectivity index (χ3n) is 11.7. The molecular formula is C53H103NO8P+. The minimum Gasteiger partial charge on any atom is -0.462 e. The van der Waals surface area contributed by atoms with Gasteiger partial charge >= 0.3 is 19.8 Å². The molecule has 0 spiro atoms. The van der Waals surface area contributed by atoms with Crippen molar-refractivity contribution in [2.24, 2.45) is 0 Å². The first-order valence-electron chi connectivity index (χ1n) is 26.6. The van der Waals surface area contributed by atoms with Gasteiger partial charge in [0.15, 0.2) is 6.10 Å². The predicted molar refractivity (Wildman–Crippen MR) is 266 cm³/mol. The molecule has 0 aromatic rings. The van der Waals surface area contributed by atoms with Gasteiger partial charge in [0.1, 0.15) is 19.8 Å². The number of esters is 2. The molecule has 0 radical (unpaired) electrons. The molecule has 2 unspecified atom stereocenters. The molecule has 9 nitrogen and oxygen atoms in total. The largest absolute Gasteiger partial charge is 0.472 e. The molecule has 0 aliphatic rings. The zero-order chi connectivity index (χ0) is 46.4. The van der Waals surface area contributed by atoms with Gasteiger partial charge in [0.2, 0.25) is 0 Å². The Bertz CT molecular complexity index is 1120. The monoisotopic (exact) mass is 913 g/mol. The number of carbonyl (C=O) groups is 2. The van der Waals surface area contributed by atoms with Gasteiger partial charge in [0.25, 0.3) is 0 Å². The third-order valence-corrected chi connectivity index (χ3v) is 12.7. The van der Waals surface area contributed by atoms with E-state index in [9.17, 15) is 19.0 Å². The minimum atomic E-state index is -4.38. The molecule has 63 heavy (non-hydrogen) atoms. The van der Waals surface area contributed by atoms with Gasteiger partial charge in [-0.25, -0.2) is 4.57 Å². The number of phosphoric ester groups is 1. The van der Waals surface area contributed by atoms with Gasteiger partial charge < -0.3 is 18.9 Å². The SMILES string of the molecule is CCCCC/C=C\CCCCCCCC(=O)OCC(COP(=O)(O)OCC[N+](C)(C)C)OC(=O)CCCCCCCCCCCCCCCCC/C=C\CCCCCCCCCC. The van der Waals surface area contributed by atoms with E-state index in [1.807, 2.05) is 21.1 Å². The van der Waals surface area contributed by atoms with E-state index >= 15 is 0 Å². The minimum absolute atomic E-state index is 0.0324. The summed E-state index contributed by atoms with van der Waals surface area (Å²) in [6, 6.07) is 0. The zero-order valence-corrected chi connectivity index (χ0v) is 43.0. The van der Waals surface area contributed by atoms with E-state index in [1.54, 1.807) is 0 Å². The summed E-state index contributed by atoms with van der Waals surface area (Å²) in [5, 5.41) is 0. The average Bonchev–Trinajstić information content (AvgIpc) is 3.24. The van der Waals surface area contributed by atoms with Crippen molar-refractivity contribution in [3.05, 3.63) is 24.3 Å². The van der Waals surface area contributed by atoms with E-state index in [4.69, 9.17) is 18.5 Å². The summed E-state index contributed by atoms with van der Waals surface area (Å²) < 4.78 is 34.4. The first-order chi connectivity index (χ1) is 30.5. The number of rotatable bonds is 49. The number of likely N-dealkylation sites (N-methyl/N-ethyl adjacent to an activating group) is 1. The van der Waals surface area contributed by atoms with Gasteiger partial charge in [-0.2, -0.15) is 0 Å². The quantitative estimate of drug-likeness (QED) is 0.0211. The fourth-order valence-corrected chi connectivity index (χ4v) is 8.28. The Hall–Kier alpha value is -1.51. The summed E-state index contributed by atoms with van der Waals surface area (Å²) in [5.74, 6) is -0.799. The number of unbranched alkanes of at least 4 members (excludes halogenated alkanes) is 31. The summed E-state index contributed by atoms with van der Waals surface area (Å²) in [5.41, 5.74) is 0. The average molecular weight is 913 g/mol. The van der Waals surface area contributed by atoms with Crippen LogP contribution in [0.3, 0.4) is 0 Å². The molecule has 0 bridgehead atoms. The van der Waals surface area contributed by atoms with Crippen LogP contribution in [0.5, 0.6) is 0 Å². The van der Waals surface area contributed by atoms with Crippen molar-refractivity contribution >= 4 is 19.8 Å². The van der Waals surface area contributed by atoms with Crippen LogP contribution in [0.1, 0.15) is 251 Å². The van der Waals surface area contributed by atoms with Crippen molar-refractivity contribution < 1.29 is 42.1 Å². The molecule has 0 aliphatic heterocycles. The Labute approximate surface area is 389 Å². The van der Waals surface area contributed by atoms with Crippen molar-refractivity contribution in [1.29, 1.82) is 0 Å². The van der Waals surface area contributed by atoms with Crippen LogP contribution in [-0.2, 0) is 32.7 Å². The Morgan fingerprint density at radius 1 is 0.476 bits per heavy atom. The number of phosphoric acid groups is 1. The highest BCUT2D eigenvalue weighted by Crippen LogP contribution is 2.43. The normalized spacial score (nSPS) is 13.6. The summed E-state index contributed by atoms with van der Waals surface area (Å²) in [6.07, 6.45) is 52.5. The second-order valence-corrected chi connectivity index (χ2v) is 20.7. The molecule has 2 atom stereocenters. The number of quaternary nitrogens is 1. The van der Waals surface area contributed by atoms with E-state index in [1.165, 1.54) is 167 Å². The van der Waals surface area contributed by atoms with Crippen molar-refractivity contribution in [1.82, 2.24) is 0 Å². The maximum absolute atomic E-state index is 12.8. The van der Waals surface area contributed by atoms with Crippen LogP contribution in [0, 0.1) is 0 Å². The molecule has 0 rings (SSSR count). The number of ether oxygens (including phenoxy) is 2. The van der Waals surface area contributed by atoms with Crippen molar-refractivity contribution in [3.63, 3.8) is 0 Å². The van der Waals surface area contributed by atoms with Crippen LogP contribution in [0.15, 0.2) is 24.3 Å². The molecule has 372 valence electrons. The highest BCUT2D eigenvalue weighted by atomic mass is 31.2. The van der Waals surface area contributed by atoms with E-state index in [-0.39, 0.29) is 32.0 Å². The number of hydrogen-bond acceptors (Lipinski definition) is 7. The summed E-state index contributed by atoms with van der Waals surface area (Å²) in [7, 11) is 1.48. The summed E-state index contributed by atoms with van der Waals surface area (Å²) >= 11 is 0. The van der Waals surface area contributed by atoms with Gasteiger partial charge in [-0.15, -0.1) is 0 Å². The number of nitrogens with zero attached hydrogens (tertiary/aromatic N) is 1. The highest BCUT2D eigenvalue weighted by molar-refractivity contribution is 7.47. The van der Waals surface area contributed by atoms with Crippen molar-refractivity contribution in [2.45, 2.75) is 258 Å². The summed E-state index contributed by atoms with van der Waals surface area (Å²) in [4.78, 5) is 35.5. The molecular weight excluding hydrogens is 810 g/mol. The number of hydrogen-bond donors (Lipinski definition) is 1. The maximum atomic E-state index is 12.8. The standard InChI is InChI=1S/C53H102NO8P/c1-6-8-10-12-14-16-18-20-21-22-23-24-25-26-27-28-29-30-31-32-33-34-36-38-40-42-44-46-53(56)62-51(50-61-63(57,58)60-48-47-54(3,4)5)49-59-52(55)45-43-41-39-37-35-19-17-15-13-11-9-7-2/h15,17,22-23,51H,6-14,16,18-21,24-50H2,1-5H3/p+1/b17-15-,23-22-. The van der Waals surface area contributed by atoms with E-state index in [0.717, 1.165) is 51.4 Å². The Morgan fingerprint density at radius 2 is 0.810 bits per heavy atom. The van der Waals surface area contributed by atoms with E-state index < -0.39 is 26.5 Å². The lowest BCUT2D eigenvalue weighted by Crippen LogP contribution is -2.37. The molecule has 0 aromatic heterocycles. The topological polar surface area (TPSA) is 108 Å². The van der Waals surface area contributed by atoms with Crippen LogP contribution in [0.25, 0.3) is 0 Å². The first kappa shape index (κ1) is 61.5. The molecule has 0 saturated carbocycles. The van der Waals surface area contributed by atoms with Gasteiger partial charge in [0.05, 0.1) is 27.7 Å². The van der Waals surface area contributed by atoms with Crippen molar-refractivity contribution in [3.8, 4) is 0 Å². The molecule has 0 amide bonds. The lowest BCUT2D eigenvalue weighted by Gasteiger charge is -2.24. The van der Waals surface area contributed by atoms with Gasteiger partial charge in [-0.3, -0.25) is 18.6 Å². The molecule has 0 saturated heterocycles. The maximum Gasteiger partial charge on any atom is 0.472 e. The predicted octanol–water partition coefficient (Wildman–Crippen LogP) is 15.9. The lowest BCUT2D eigenvalue weighted by molar-refractivity contribution is -0.870. The van der Waals surface area contributed by atoms with Gasteiger partial charge in [-0.1, -0.05) is 199 Å². The second kappa shape index (κ2) is 45.6. The van der Waals surface area contributed by atoms with Gasteiger partial charge in [-0.05, 0) is 64.2 Å². The third kappa shape index (κ3) is 49.8. The first-order valence-corrected chi connectivity index (χ1v) is 28.1. The highest BCUT2D eigenvalue weighted by Gasteiger charge is 2.27. The molecule has 0 heterocycles. The second-order valence-electron chi connectivity index (χ2n) is 19.3. The smallest absolute Gasteiger partial charge is 0.462 e. The van der Waals surface area contributed by atoms with Crippen LogP contribution in [0.2, 0.25) is 0 Å². The number of allylic oxidation sites excluding steroid dienone is 4. The Kier molecular flexibility index (Phi) is 44.5. The van der Waals surface area contributed by atoms with Gasteiger partial charge in [0, 0.05) is 12.8 Å². The number of carbonyl (C=O) groups excluding carboxylic acids is 2. The van der Waals surface area contributed by atoms with E-state index in [2.05, 4.69) is 38.2 Å². The van der Waals surface area contributed by atoms with Crippen molar-refractivity contribution in [2.75, 3.05) is 47.5 Å². The fraction of sp³-hybridized carbons (Fsp3) is 0.887. The zero-order valence-electron chi connectivity index (χ0n) is 42.1. The molecule has 1 N–H and O–H groups in total. The van der Waals surface area contributed by atoms with Crippen LogP contribution in [-0.4, -0.2) is 74.9 Å².